The van der Waals surface area contributed by atoms with Crippen LogP contribution in [0.1, 0.15) is 39.6 Å². The number of rotatable bonds is 6. The number of esters is 1. The molecule has 0 radical (unpaired) electrons. The van der Waals surface area contributed by atoms with Crippen molar-refractivity contribution in [3.05, 3.63) is 93.5 Å². The molecule has 46 heavy (non-hydrogen) atoms. The van der Waals surface area contributed by atoms with Crippen LogP contribution in [0, 0.1) is 30.6 Å². The summed E-state index contributed by atoms with van der Waals surface area (Å²) in [5.74, 6) is -1.76. The number of imide groups is 1. The molecule has 3 aliphatic rings. The number of anilines is 1. The zero-order chi connectivity index (χ0) is 32.6. The van der Waals surface area contributed by atoms with Crippen LogP contribution in [0.5, 0.6) is 0 Å². The SMILES string of the molecule is Cc1c(Cl)ccc2c(C(=O)OC(C)C(=O)c3cccc(Cl)c3)cc(-c3ccc(N4C(=O)C5C6CC(C(Br)C6Br)C5C4=O)cc3)nc12. The van der Waals surface area contributed by atoms with E-state index in [1.807, 2.05) is 6.92 Å². The summed E-state index contributed by atoms with van der Waals surface area (Å²) in [6.45, 7) is 3.33. The molecule has 7 unspecified atom stereocenters. The van der Waals surface area contributed by atoms with Gasteiger partial charge in [0.25, 0.3) is 0 Å². The molecule has 1 saturated heterocycles. The lowest BCUT2D eigenvalue weighted by Crippen LogP contribution is -2.37. The molecule has 3 aromatic carbocycles. The summed E-state index contributed by atoms with van der Waals surface area (Å²) in [7, 11) is 0. The number of aromatic nitrogens is 1. The zero-order valence-corrected chi connectivity index (χ0v) is 29.2. The molecule has 1 aromatic heterocycles. The van der Waals surface area contributed by atoms with Gasteiger partial charge in [-0.1, -0.05) is 85.4 Å². The lowest BCUT2D eigenvalue weighted by Gasteiger charge is -2.28. The molecule has 2 amide bonds. The van der Waals surface area contributed by atoms with Crippen LogP contribution >= 0.6 is 55.1 Å². The Kier molecular flexibility index (Phi) is 8.11. The quantitative estimate of drug-likeness (QED) is 0.0847. The van der Waals surface area contributed by atoms with Crippen molar-refractivity contribution in [2.45, 2.75) is 36.0 Å². The van der Waals surface area contributed by atoms with E-state index in [4.69, 9.17) is 32.9 Å². The van der Waals surface area contributed by atoms with Crippen molar-refractivity contribution < 1.29 is 23.9 Å². The maximum absolute atomic E-state index is 13.6. The summed E-state index contributed by atoms with van der Waals surface area (Å²) in [6, 6.07) is 18.5. The van der Waals surface area contributed by atoms with E-state index in [0.717, 1.165) is 6.42 Å². The summed E-state index contributed by atoms with van der Waals surface area (Å²) in [6.07, 6.45) is -0.212. The highest BCUT2D eigenvalue weighted by Crippen LogP contribution is 2.60. The highest BCUT2D eigenvalue weighted by atomic mass is 79.9. The van der Waals surface area contributed by atoms with Gasteiger partial charge < -0.3 is 4.74 Å². The summed E-state index contributed by atoms with van der Waals surface area (Å²) >= 11 is 20.0. The van der Waals surface area contributed by atoms with Gasteiger partial charge in [0.1, 0.15) is 0 Å². The minimum Gasteiger partial charge on any atom is -0.451 e. The van der Waals surface area contributed by atoms with Gasteiger partial charge in [-0.2, -0.15) is 0 Å². The molecule has 7 rings (SSSR count). The maximum atomic E-state index is 13.6. The van der Waals surface area contributed by atoms with E-state index in [-0.39, 0.29) is 56.5 Å². The predicted molar refractivity (Wildman–Crippen MR) is 184 cm³/mol. The van der Waals surface area contributed by atoms with E-state index in [1.165, 1.54) is 17.9 Å². The van der Waals surface area contributed by atoms with Crippen LogP contribution in [-0.4, -0.2) is 44.3 Å². The van der Waals surface area contributed by atoms with E-state index in [1.54, 1.807) is 60.7 Å². The monoisotopic (exact) mass is 782 g/mol. The fourth-order valence-electron chi connectivity index (χ4n) is 7.26. The van der Waals surface area contributed by atoms with E-state index in [9.17, 15) is 19.2 Å². The van der Waals surface area contributed by atoms with Crippen molar-refractivity contribution in [1.29, 1.82) is 0 Å². The van der Waals surface area contributed by atoms with E-state index in [0.29, 0.717) is 49.0 Å². The van der Waals surface area contributed by atoms with Crippen molar-refractivity contribution in [2.75, 3.05) is 4.90 Å². The van der Waals surface area contributed by atoms with Crippen LogP contribution in [0.4, 0.5) is 5.69 Å². The lowest BCUT2D eigenvalue weighted by atomic mass is 9.81. The van der Waals surface area contributed by atoms with E-state index < -0.39 is 12.1 Å². The Morgan fingerprint density at radius 3 is 2.22 bits per heavy atom. The fourth-order valence-corrected chi connectivity index (χ4v) is 9.48. The molecule has 2 heterocycles. The summed E-state index contributed by atoms with van der Waals surface area (Å²) < 4.78 is 5.66. The number of nitrogens with zero attached hydrogens (tertiary/aromatic N) is 2. The minimum absolute atomic E-state index is 0.124. The topological polar surface area (TPSA) is 93.6 Å². The Hall–Kier alpha value is -3.11. The van der Waals surface area contributed by atoms with Gasteiger partial charge in [0, 0.05) is 36.2 Å². The third-order valence-corrected chi connectivity index (χ3v) is 13.4. The second kappa shape index (κ2) is 11.8. The molecule has 2 aliphatic carbocycles. The molecule has 234 valence electrons. The number of halogens is 4. The first kappa shape index (κ1) is 31.5. The van der Waals surface area contributed by atoms with Crippen LogP contribution in [0.2, 0.25) is 10.0 Å². The smallest absolute Gasteiger partial charge is 0.339 e. The number of alkyl halides is 2. The van der Waals surface area contributed by atoms with Gasteiger partial charge in [-0.3, -0.25) is 19.3 Å². The molecular formula is C35H26Br2Cl2N2O5. The van der Waals surface area contributed by atoms with Crippen LogP contribution in [-0.2, 0) is 14.3 Å². The normalized spacial score (nSPS) is 25.7. The first-order valence-electron chi connectivity index (χ1n) is 14.8. The van der Waals surface area contributed by atoms with Crippen LogP contribution < -0.4 is 4.90 Å². The number of carbonyl (C=O) groups excluding carboxylic acids is 4. The average Bonchev–Trinajstić information content (AvgIpc) is 3.66. The molecular weight excluding hydrogens is 759 g/mol. The van der Waals surface area contributed by atoms with Crippen LogP contribution in [0.25, 0.3) is 22.2 Å². The number of benzene rings is 3. The number of amides is 2. The summed E-state index contributed by atoms with van der Waals surface area (Å²) in [5, 5.41) is 1.42. The minimum atomic E-state index is -1.07. The average molecular weight is 785 g/mol. The van der Waals surface area contributed by atoms with Gasteiger partial charge >= 0.3 is 5.97 Å². The maximum Gasteiger partial charge on any atom is 0.339 e. The van der Waals surface area contributed by atoms with Gasteiger partial charge in [-0.05, 0) is 74.1 Å². The second-order valence-corrected chi connectivity index (χ2v) is 15.1. The Balaban J connectivity index is 1.20. The van der Waals surface area contributed by atoms with Gasteiger partial charge in [0.2, 0.25) is 17.6 Å². The summed E-state index contributed by atoms with van der Waals surface area (Å²) in [4.78, 5) is 60.2. The number of Topliss-reactive ketones (excluding diaryl/α,β-unsaturated/α-hetero) is 1. The van der Waals surface area contributed by atoms with Crippen molar-refractivity contribution in [1.82, 2.24) is 4.98 Å². The molecule has 7 nitrogen and oxygen atoms in total. The van der Waals surface area contributed by atoms with Crippen molar-refractivity contribution in [2.24, 2.45) is 23.7 Å². The number of ketones is 1. The summed E-state index contributed by atoms with van der Waals surface area (Å²) in [5.41, 5.74) is 3.36. The Morgan fingerprint density at radius 1 is 0.935 bits per heavy atom. The van der Waals surface area contributed by atoms with Crippen LogP contribution in [0.3, 0.4) is 0 Å². The largest absolute Gasteiger partial charge is 0.451 e. The highest BCUT2D eigenvalue weighted by molar-refractivity contribution is 9.12. The molecule has 2 bridgehead atoms. The predicted octanol–water partition coefficient (Wildman–Crippen LogP) is 8.23. The molecule has 3 fully saturated rings. The third kappa shape index (κ3) is 5.02. The van der Waals surface area contributed by atoms with Gasteiger partial charge in [0.15, 0.2) is 6.10 Å². The molecule has 2 saturated carbocycles. The lowest BCUT2D eigenvalue weighted by molar-refractivity contribution is -0.123. The van der Waals surface area contributed by atoms with Gasteiger partial charge in [-0.15, -0.1) is 0 Å². The molecule has 7 atom stereocenters. The van der Waals surface area contributed by atoms with Crippen molar-refractivity contribution in [3.63, 3.8) is 0 Å². The molecule has 0 spiro atoms. The van der Waals surface area contributed by atoms with Gasteiger partial charge in [0.05, 0.1) is 34.3 Å². The van der Waals surface area contributed by atoms with E-state index in [2.05, 4.69) is 31.9 Å². The number of hydrogen-bond acceptors (Lipinski definition) is 6. The van der Waals surface area contributed by atoms with Gasteiger partial charge in [-0.25, -0.2) is 9.78 Å². The molecule has 1 aliphatic heterocycles. The first-order chi connectivity index (χ1) is 22.0. The fraction of sp³-hybridized carbons (Fsp3) is 0.286. The Bertz CT molecular complexity index is 1940. The second-order valence-electron chi connectivity index (χ2n) is 12.1. The molecule has 11 heteroatoms. The number of carbonyl (C=O) groups is 4. The van der Waals surface area contributed by atoms with E-state index >= 15 is 0 Å². The standard InChI is InChI=1S/C35H26Br2Cl2N2O5/c1-15-25(39)11-10-21-22(35(45)46-16(2)32(42)18-4-3-5-19(38)12-18)14-26(40-31(15)21)17-6-8-20(9-7-17)41-33(43)27-23-13-24(28(27)34(41)44)30(37)29(23)36/h3-12,14,16,23-24,27-30H,13H2,1-2H3. The van der Waals surface area contributed by atoms with Crippen LogP contribution in [0.15, 0.2) is 66.7 Å². The highest BCUT2D eigenvalue weighted by Gasteiger charge is 2.66. The first-order valence-corrected chi connectivity index (χ1v) is 17.4. The number of pyridine rings is 1. The van der Waals surface area contributed by atoms with Crippen molar-refractivity contribution >= 4 is 95.2 Å². The molecule has 4 aromatic rings. The number of hydrogen-bond donors (Lipinski definition) is 0. The number of ether oxygens (including phenoxy) is 1. The number of fused-ring (bicyclic) bond motifs is 6. The molecule has 0 N–H and O–H groups in total. The number of aryl methyl sites for hydroxylation is 1. The third-order valence-electron chi connectivity index (χ3n) is 9.56. The van der Waals surface area contributed by atoms with Crippen molar-refractivity contribution in [3.8, 4) is 11.3 Å². The Morgan fingerprint density at radius 2 is 1.59 bits per heavy atom. The Labute approximate surface area is 291 Å². The zero-order valence-electron chi connectivity index (χ0n) is 24.5.